The Morgan fingerprint density at radius 2 is 1.46 bits per heavy atom. The molecule has 224 valence electrons. The number of hydrogen-bond donors (Lipinski definition) is 8. The van der Waals surface area contributed by atoms with Gasteiger partial charge in [-0.1, -0.05) is 32.0 Å². The molecule has 2 rings (SSSR count). The van der Waals surface area contributed by atoms with Crippen LogP contribution in [-0.4, -0.2) is 74.9 Å². The van der Waals surface area contributed by atoms with Gasteiger partial charge in [0.05, 0.1) is 6.04 Å². The molecule has 0 aliphatic carbocycles. The maximum absolute atomic E-state index is 13.5. The molecule has 1 aromatic carbocycles. The van der Waals surface area contributed by atoms with E-state index in [1.54, 1.807) is 20.0 Å². The van der Waals surface area contributed by atoms with Gasteiger partial charge in [0.2, 0.25) is 23.6 Å². The van der Waals surface area contributed by atoms with Crippen LogP contribution in [0.25, 0.3) is 10.9 Å². The number of para-hydroxylation sites is 1. The van der Waals surface area contributed by atoms with Gasteiger partial charge in [-0.2, -0.15) is 0 Å². The van der Waals surface area contributed by atoms with Crippen molar-refractivity contribution < 1.29 is 39.0 Å². The number of carbonyl (C=O) groups excluding carboxylic acids is 4. The monoisotopic (exact) mass is 574 g/mol. The van der Waals surface area contributed by atoms with Crippen molar-refractivity contribution in [1.82, 2.24) is 20.9 Å². The number of primary amides is 1. The van der Waals surface area contributed by atoms with E-state index in [2.05, 4.69) is 20.9 Å². The van der Waals surface area contributed by atoms with Gasteiger partial charge in [-0.3, -0.25) is 24.0 Å². The molecule has 1 heterocycles. The van der Waals surface area contributed by atoms with E-state index >= 15 is 0 Å². The van der Waals surface area contributed by atoms with E-state index < -0.39 is 59.7 Å². The average molecular weight is 575 g/mol. The van der Waals surface area contributed by atoms with Crippen LogP contribution >= 0.6 is 0 Å². The van der Waals surface area contributed by atoms with Gasteiger partial charge in [0, 0.05) is 36.4 Å². The Bertz CT molecular complexity index is 1260. The second-order valence-electron chi connectivity index (χ2n) is 10.3. The van der Waals surface area contributed by atoms with Crippen LogP contribution in [0.5, 0.6) is 0 Å². The molecule has 0 saturated heterocycles. The number of aromatic nitrogens is 1. The minimum atomic E-state index is -1.41. The molecule has 4 atom stereocenters. The zero-order chi connectivity index (χ0) is 30.7. The highest BCUT2D eigenvalue weighted by Crippen LogP contribution is 2.19. The van der Waals surface area contributed by atoms with Crippen LogP contribution in [-0.2, 0) is 35.2 Å². The van der Waals surface area contributed by atoms with Gasteiger partial charge >= 0.3 is 11.9 Å². The molecule has 4 amide bonds. The summed E-state index contributed by atoms with van der Waals surface area (Å²) in [4.78, 5) is 76.2. The number of amides is 4. The SMILES string of the molecule is CC(C)CC(NC(=O)C(Cc1c[nH]c2ccccc12)NC(=O)C(N)CCC(=O)O)C(=O)NC(CCC(N)=O)C(=O)O. The van der Waals surface area contributed by atoms with Crippen LogP contribution < -0.4 is 27.4 Å². The topological polar surface area (TPSA) is 247 Å². The molecule has 10 N–H and O–H groups in total. The fourth-order valence-electron chi connectivity index (χ4n) is 4.21. The third-order valence-electron chi connectivity index (χ3n) is 6.37. The van der Waals surface area contributed by atoms with E-state index in [1.807, 2.05) is 24.3 Å². The number of carbonyl (C=O) groups is 6. The minimum absolute atomic E-state index is 0.0135. The van der Waals surface area contributed by atoms with Gasteiger partial charge < -0.3 is 42.6 Å². The zero-order valence-electron chi connectivity index (χ0n) is 23.0. The van der Waals surface area contributed by atoms with E-state index in [0.29, 0.717) is 5.56 Å². The Labute approximate surface area is 236 Å². The van der Waals surface area contributed by atoms with Gasteiger partial charge in [0.15, 0.2) is 0 Å². The number of nitrogens with one attached hydrogen (secondary N) is 4. The highest BCUT2D eigenvalue weighted by atomic mass is 16.4. The molecule has 14 heteroatoms. The van der Waals surface area contributed by atoms with Gasteiger partial charge in [0.1, 0.15) is 18.1 Å². The number of H-pyrrole nitrogens is 1. The summed E-state index contributed by atoms with van der Waals surface area (Å²) in [5.74, 6) is -5.55. The lowest BCUT2D eigenvalue weighted by atomic mass is 10.00. The van der Waals surface area contributed by atoms with Crippen LogP contribution in [0.4, 0.5) is 0 Å². The Morgan fingerprint density at radius 3 is 2.07 bits per heavy atom. The lowest BCUT2D eigenvalue weighted by Gasteiger charge is -2.26. The van der Waals surface area contributed by atoms with Crippen molar-refractivity contribution in [2.45, 2.75) is 76.5 Å². The average Bonchev–Trinajstić information content (AvgIpc) is 3.30. The largest absolute Gasteiger partial charge is 0.481 e. The van der Waals surface area contributed by atoms with Gasteiger partial charge in [-0.15, -0.1) is 0 Å². The molecule has 0 bridgehead atoms. The summed E-state index contributed by atoms with van der Waals surface area (Å²) in [6.45, 7) is 3.61. The molecule has 41 heavy (non-hydrogen) atoms. The summed E-state index contributed by atoms with van der Waals surface area (Å²) in [6.07, 6.45) is 0.862. The van der Waals surface area contributed by atoms with Crippen LogP contribution in [0.1, 0.15) is 51.5 Å². The minimum Gasteiger partial charge on any atom is -0.481 e. The first-order chi connectivity index (χ1) is 19.3. The van der Waals surface area contributed by atoms with Crippen molar-refractivity contribution in [3.8, 4) is 0 Å². The van der Waals surface area contributed by atoms with Crippen molar-refractivity contribution in [3.05, 3.63) is 36.0 Å². The number of aromatic amines is 1. The van der Waals surface area contributed by atoms with Crippen LogP contribution in [0.15, 0.2) is 30.5 Å². The molecule has 0 spiro atoms. The van der Waals surface area contributed by atoms with Gasteiger partial charge in [0.25, 0.3) is 0 Å². The van der Waals surface area contributed by atoms with Crippen LogP contribution in [0.2, 0.25) is 0 Å². The normalized spacial score (nSPS) is 14.0. The first-order valence-electron chi connectivity index (χ1n) is 13.2. The summed E-state index contributed by atoms with van der Waals surface area (Å²) < 4.78 is 0. The van der Waals surface area contributed by atoms with Crippen molar-refractivity contribution in [2.24, 2.45) is 17.4 Å². The predicted octanol–water partition coefficient (Wildman–Crippen LogP) is -0.247. The molecular weight excluding hydrogens is 536 g/mol. The van der Waals surface area contributed by atoms with Gasteiger partial charge in [-0.05, 0) is 36.8 Å². The Balaban J connectivity index is 2.29. The van der Waals surface area contributed by atoms with Crippen molar-refractivity contribution in [2.75, 3.05) is 0 Å². The van der Waals surface area contributed by atoms with Crippen LogP contribution in [0, 0.1) is 5.92 Å². The molecule has 0 saturated carbocycles. The summed E-state index contributed by atoms with van der Waals surface area (Å²) in [5.41, 5.74) is 12.5. The van der Waals surface area contributed by atoms with E-state index in [0.717, 1.165) is 10.9 Å². The summed E-state index contributed by atoms with van der Waals surface area (Å²) in [5, 5.41) is 26.7. The van der Waals surface area contributed by atoms with Crippen molar-refractivity contribution >= 4 is 46.5 Å². The predicted molar refractivity (Wildman–Crippen MR) is 148 cm³/mol. The molecule has 14 nitrogen and oxygen atoms in total. The Morgan fingerprint density at radius 1 is 0.854 bits per heavy atom. The summed E-state index contributed by atoms with van der Waals surface area (Å²) in [7, 11) is 0. The number of benzene rings is 1. The maximum atomic E-state index is 13.5. The molecule has 2 aromatic rings. The molecule has 0 aliphatic heterocycles. The highest BCUT2D eigenvalue weighted by molar-refractivity contribution is 5.95. The van der Waals surface area contributed by atoms with Gasteiger partial charge in [-0.25, -0.2) is 4.79 Å². The number of aliphatic carboxylic acids is 2. The Kier molecular flexibility index (Phi) is 12.3. The molecule has 1 aromatic heterocycles. The number of fused-ring (bicyclic) bond motifs is 1. The number of nitrogens with two attached hydrogens (primary N) is 2. The zero-order valence-corrected chi connectivity index (χ0v) is 23.0. The van der Waals surface area contributed by atoms with Crippen LogP contribution in [0.3, 0.4) is 0 Å². The van der Waals surface area contributed by atoms with E-state index in [1.165, 1.54) is 0 Å². The Hall–Kier alpha value is -4.46. The van der Waals surface area contributed by atoms with E-state index in [9.17, 15) is 33.9 Å². The quantitative estimate of drug-likeness (QED) is 0.124. The molecular formula is C27H38N6O8. The first-order valence-corrected chi connectivity index (χ1v) is 13.2. The number of rotatable bonds is 17. The summed E-state index contributed by atoms with van der Waals surface area (Å²) in [6, 6.07) is 2.36. The third-order valence-corrected chi connectivity index (χ3v) is 6.37. The second kappa shape index (κ2) is 15.4. The van der Waals surface area contributed by atoms with Crippen molar-refractivity contribution in [1.29, 1.82) is 0 Å². The number of carboxylic acids is 2. The summed E-state index contributed by atoms with van der Waals surface area (Å²) >= 11 is 0. The highest BCUT2D eigenvalue weighted by Gasteiger charge is 2.31. The molecule has 0 aliphatic rings. The number of carboxylic acid groups (broad SMARTS) is 2. The van der Waals surface area contributed by atoms with E-state index in [4.69, 9.17) is 16.6 Å². The lowest BCUT2D eigenvalue weighted by Crippen LogP contribution is -2.57. The third kappa shape index (κ3) is 10.6. The lowest BCUT2D eigenvalue weighted by molar-refractivity contribution is -0.143. The molecule has 0 fully saturated rings. The molecule has 4 unspecified atom stereocenters. The maximum Gasteiger partial charge on any atom is 0.326 e. The van der Waals surface area contributed by atoms with Crippen molar-refractivity contribution in [3.63, 3.8) is 0 Å². The second-order valence-corrected chi connectivity index (χ2v) is 10.3. The number of hydrogen-bond acceptors (Lipinski definition) is 7. The fraction of sp³-hybridized carbons (Fsp3) is 0.481. The fourth-order valence-corrected chi connectivity index (χ4v) is 4.21. The van der Waals surface area contributed by atoms with E-state index in [-0.39, 0.29) is 44.4 Å². The standard InChI is InChI=1S/C27H38N6O8/c1-14(2)11-20(25(38)31-19(27(40)41)8-9-22(29)34)33-26(39)21(32-24(37)17(28)7-10-23(35)36)12-15-13-30-18-6-4-3-5-16(15)18/h3-6,13-14,17,19-21,30H,7-12,28H2,1-2H3,(H2,29,34)(H,31,38)(H,32,37)(H,33,39)(H,35,36)(H,40,41). The first kappa shape index (κ1) is 32.8. The smallest absolute Gasteiger partial charge is 0.326 e. The molecule has 0 radical (unpaired) electrons.